The molecule has 1 aliphatic rings. The maximum absolute atomic E-state index is 12.5. The number of aromatic amines is 1. The molecule has 1 N–H and O–H groups in total. The summed E-state index contributed by atoms with van der Waals surface area (Å²) in [7, 11) is 1.67. The number of nitrogens with one attached hydrogen (secondary N) is 1. The molecule has 0 atom stereocenters. The van der Waals surface area contributed by atoms with Crippen LogP contribution >= 0.6 is 0 Å². The summed E-state index contributed by atoms with van der Waals surface area (Å²) >= 11 is 0. The van der Waals surface area contributed by atoms with Gasteiger partial charge in [-0.1, -0.05) is 6.07 Å². The van der Waals surface area contributed by atoms with Gasteiger partial charge in [-0.05, 0) is 55.5 Å². The van der Waals surface area contributed by atoms with E-state index in [1.165, 1.54) is 11.1 Å². The van der Waals surface area contributed by atoms with Gasteiger partial charge in [0, 0.05) is 25.2 Å². The zero-order chi connectivity index (χ0) is 16.4. The maximum Gasteiger partial charge on any atom is 0.223 e. The number of H-pyrrole nitrogens is 1. The van der Waals surface area contributed by atoms with Gasteiger partial charge in [0.25, 0.3) is 0 Å². The second-order valence-electron chi connectivity index (χ2n) is 6.11. The molecule has 0 aliphatic carbocycles. The van der Waals surface area contributed by atoms with Gasteiger partial charge in [-0.3, -0.25) is 9.89 Å². The van der Waals surface area contributed by atoms with Crippen molar-refractivity contribution in [3.05, 3.63) is 46.3 Å². The van der Waals surface area contributed by atoms with Gasteiger partial charge in [0.05, 0.1) is 12.8 Å². The van der Waals surface area contributed by atoms with Crippen molar-refractivity contribution in [1.29, 1.82) is 0 Å². The van der Waals surface area contributed by atoms with Crippen LogP contribution in [-0.2, 0) is 24.2 Å². The number of methoxy groups -OCH3 is 1. The zero-order valence-electron chi connectivity index (χ0n) is 14.0. The Bertz CT molecular complexity index is 702. The quantitative estimate of drug-likeness (QED) is 0.944. The average Bonchev–Trinajstić information content (AvgIpc) is 2.89. The molecule has 5 nitrogen and oxygen atoms in total. The third kappa shape index (κ3) is 3.23. The maximum atomic E-state index is 12.5. The minimum atomic E-state index is 0.207. The molecule has 0 saturated heterocycles. The van der Waals surface area contributed by atoms with E-state index >= 15 is 0 Å². The molecule has 1 aromatic heterocycles. The smallest absolute Gasteiger partial charge is 0.223 e. The molecule has 2 aromatic rings. The summed E-state index contributed by atoms with van der Waals surface area (Å²) in [6.07, 6.45) is 2.18. The Morgan fingerprint density at radius 1 is 1.35 bits per heavy atom. The Morgan fingerprint density at radius 2 is 2.17 bits per heavy atom. The fraction of sp³-hybridized carbons (Fsp3) is 0.444. The van der Waals surface area contributed by atoms with Crippen LogP contribution in [0.4, 0.5) is 0 Å². The molecule has 122 valence electrons. The van der Waals surface area contributed by atoms with E-state index < -0.39 is 0 Å². The molecule has 1 amide bonds. The van der Waals surface area contributed by atoms with E-state index in [0.29, 0.717) is 13.0 Å². The largest absolute Gasteiger partial charge is 0.497 e. The van der Waals surface area contributed by atoms with Crippen molar-refractivity contribution in [2.45, 2.75) is 39.7 Å². The van der Waals surface area contributed by atoms with Crippen molar-refractivity contribution in [2.24, 2.45) is 0 Å². The highest BCUT2D eigenvalue weighted by Crippen LogP contribution is 2.24. The minimum absolute atomic E-state index is 0.207. The molecule has 0 spiro atoms. The van der Waals surface area contributed by atoms with Crippen LogP contribution in [0.3, 0.4) is 0 Å². The Labute approximate surface area is 136 Å². The number of carbonyl (C=O) groups is 1. The summed E-state index contributed by atoms with van der Waals surface area (Å²) in [6.45, 7) is 5.45. The topological polar surface area (TPSA) is 58.2 Å². The van der Waals surface area contributed by atoms with E-state index in [1.807, 2.05) is 30.9 Å². The summed E-state index contributed by atoms with van der Waals surface area (Å²) in [4.78, 5) is 14.5. The van der Waals surface area contributed by atoms with Crippen LogP contribution in [0.25, 0.3) is 0 Å². The van der Waals surface area contributed by atoms with Crippen molar-refractivity contribution in [3.8, 4) is 5.75 Å². The summed E-state index contributed by atoms with van der Waals surface area (Å²) in [5.74, 6) is 1.06. The zero-order valence-corrected chi connectivity index (χ0v) is 14.0. The molecule has 0 radical (unpaired) electrons. The van der Waals surface area contributed by atoms with Gasteiger partial charge < -0.3 is 9.64 Å². The van der Waals surface area contributed by atoms with Crippen LogP contribution in [0.15, 0.2) is 18.2 Å². The number of nitrogens with zero attached hydrogens (tertiary/aromatic N) is 2. The summed E-state index contributed by atoms with van der Waals surface area (Å²) in [5, 5.41) is 7.17. The van der Waals surface area contributed by atoms with E-state index in [-0.39, 0.29) is 5.91 Å². The second-order valence-corrected chi connectivity index (χ2v) is 6.11. The third-order valence-corrected chi connectivity index (χ3v) is 4.65. The number of ether oxygens (including phenoxy) is 1. The van der Waals surface area contributed by atoms with Gasteiger partial charge in [-0.2, -0.15) is 5.10 Å². The number of fused-ring (bicyclic) bond motifs is 1. The monoisotopic (exact) mass is 313 g/mol. The summed E-state index contributed by atoms with van der Waals surface area (Å²) in [6, 6.07) is 6.13. The van der Waals surface area contributed by atoms with Gasteiger partial charge in [-0.25, -0.2) is 0 Å². The molecule has 3 rings (SSSR count). The number of carbonyl (C=O) groups excluding carboxylic acids is 1. The van der Waals surface area contributed by atoms with Crippen LogP contribution in [0, 0.1) is 13.8 Å². The van der Waals surface area contributed by atoms with Gasteiger partial charge >= 0.3 is 0 Å². The van der Waals surface area contributed by atoms with E-state index in [1.54, 1.807) is 7.11 Å². The number of aromatic nitrogens is 2. The lowest BCUT2D eigenvalue weighted by Gasteiger charge is -2.29. The predicted molar refractivity (Wildman–Crippen MR) is 88.5 cm³/mol. The normalized spacial score (nSPS) is 13.8. The second kappa shape index (κ2) is 6.44. The predicted octanol–water partition coefficient (Wildman–Crippen LogP) is 2.55. The van der Waals surface area contributed by atoms with Crippen molar-refractivity contribution < 1.29 is 9.53 Å². The lowest BCUT2D eigenvalue weighted by atomic mass is 9.98. The highest BCUT2D eigenvalue weighted by Gasteiger charge is 2.21. The van der Waals surface area contributed by atoms with Gasteiger partial charge in [0.1, 0.15) is 5.75 Å². The Hall–Kier alpha value is -2.30. The van der Waals surface area contributed by atoms with Gasteiger partial charge in [0.2, 0.25) is 5.91 Å². The molecule has 0 saturated carbocycles. The Balaban J connectivity index is 1.65. The molecular formula is C18H23N3O2. The fourth-order valence-electron chi connectivity index (χ4n) is 3.21. The van der Waals surface area contributed by atoms with Crippen molar-refractivity contribution in [2.75, 3.05) is 13.7 Å². The van der Waals surface area contributed by atoms with Gasteiger partial charge in [-0.15, -0.1) is 0 Å². The molecular weight excluding hydrogens is 290 g/mol. The first-order valence-electron chi connectivity index (χ1n) is 8.02. The molecule has 1 aliphatic heterocycles. The Kier molecular flexibility index (Phi) is 4.37. The van der Waals surface area contributed by atoms with Crippen molar-refractivity contribution in [3.63, 3.8) is 0 Å². The van der Waals surface area contributed by atoms with E-state index in [9.17, 15) is 4.79 Å². The molecule has 0 unspecified atom stereocenters. The Morgan fingerprint density at radius 3 is 2.87 bits per heavy atom. The lowest BCUT2D eigenvalue weighted by molar-refractivity contribution is -0.132. The SMILES string of the molecule is COc1ccc2c(c1)CN(C(=O)CCc1c(C)n[nH]c1C)CC2. The summed E-state index contributed by atoms with van der Waals surface area (Å²) < 4.78 is 5.28. The summed E-state index contributed by atoms with van der Waals surface area (Å²) in [5.41, 5.74) is 5.72. The molecule has 5 heteroatoms. The fourth-order valence-corrected chi connectivity index (χ4v) is 3.21. The third-order valence-electron chi connectivity index (χ3n) is 4.65. The molecule has 0 bridgehead atoms. The van der Waals surface area contributed by atoms with E-state index in [4.69, 9.17) is 4.74 Å². The minimum Gasteiger partial charge on any atom is -0.497 e. The average molecular weight is 313 g/mol. The number of hydrogen-bond acceptors (Lipinski definition) is 3. The van der Waals surface area contributed by atoms with Crippen LogP contribution < -0.4 is 4.74 Å². The van der Waals surface area contributed by atoms with Crippen LogP contribution in [0.2, 0.25) is 0 Å². The number of aryl methyl sites for hydroxylation is 2. The molecule has 1 aromatic carbocycles. The number of rotatable bonds is 4. The van der Waals surface area contributed by atoms with Crippen molar-refractivity contribution >= 4 is 5.91 Å². The molecule has 0 fully saturated rings. The molecule has 23 heavy (non-hydrogen) atoms. The van der Waals surface area contributed by atoms with Crippen LogP contribution in [0.1, 0.15) is 34.5 Å². The molecule has 2 heterocycles. The highest BCUT2D eigenvalue weighted by atomic mass is 16.5. The van der Waals surface area contributed by atoms with E-state index in [0.717, 1.165) is 42.1 Å². The van der Waals surface area contributed by atoms with Gasteiger partial charge in [0.15, 0.2) is 0 Å². The standard InChI is InChI=1S/C18H23N3O2/c1-12-17(13(2)20-19-12)6-7-18(22)21-9-8-14-4-5-16(23-3)10-15(14)11-21/h4-5,10H,6-9,11H2,1-3H3,(H,19,20). The number of benzene rings is 1. The van der Waals surface area contributed by atoms with Crippen LogP contribution in [0.5, 0.6) is 5.75 Å². The van der Waals surface area contributed by atoms with Crippen LogP contribution in [-0.4, -0.2) is 34.7 Å². The highest BCUT2D eigenvalue weighted by molar-refractivity contribution is 5.77. The lowest BCUT2D eigenvalue weighted by Crippen LogP contribution is -2.36. The first-order chi connectivity index (χ1) is 11.1. The van der Waals surface area contributed by atoms with Crippen molar-refractivity contribution in [1.82, 2.24) is 15.1 Å². The number of amides is 1. The first-order valence-corrected chi connectivity index (χ1v) is 8.02. The first kappa shape index (κ1) is 15.6. The number of hydrogen-bond donors (Lipinski definition) is 1. The van der Waals surface area contributed by atoms with E-state index in [2.05, 4.69) is 16.3 Å².